The molecule has 2 rings (SSSR count). The Balaban J connectivity index is 1.86. The highest BCUT2D eigenvalue weighted by Gasteiger charge is 2.46. The molecule has 2 heterocycles. The van der Waals surface area contributed by atoms with Crippen molar-refractivity contribution in [2.24, 2.45) is 5.41 Å². The number of carboxylic acid groups (broad SMARTS) is 1. The molecule has 2 saturated heterocycles. The maximum atomic E-state index is 10.6. The van der Waals surface area contributed by atoms with E-state index in [1.54, 1.807) is 0 Å². The van der Waals surface area contributed by atoms with E-state index in [9.17, 15) is 4.79 Å². The lowest BCUT2D eigenvalue weighted by molar-refractivity contribution is -0.0295. The van der Waals surface area contributed by atoms with E-state index in [4.69, 9.17) is 5.11 Å². The smallest absolute Gasteiger partial charge is 0.407 e. The summed E-state index contributed by atoms with van der Waals surface area (Å²) in [6.07, 6.45) is 1.56. The Morgan fingerprint density at radius 3 is 2.31 bits per heavy atom. The van der Waals surface area contributed by atoms with Crippen molar-refractivity contribution in [3.8, 4) is 0 Å². The molecule has 0 unspecified atom stereocenters. The normalized spacial score (nSPS) is 27.3. The molecule has 74 valence electrons. The van der Waals surface area contributed by atoms with Crippen molar-refractivity contribution >= 4 is 6.09 Å². The lowest BCUT2D eigenvalue weighted by Gasteiger charge is -2.52. The highest BCUT2D eigenvalue weighted by Crippen LogP contribution is 2.39. The molecular weight excluding hydrogens is 168 g/mol. The largest absolute Gasteiger partial charge is 0.465 e. The maximum absolute atomic E-state index is 10.6. The first-order valence-corrected chi connectivity index (χ1v) is 4.78. The zero-order valence-electron chi connectivity index (χ0n) is 7.99. The summed E-state index contributed by atoms with van der Waals surface area (Å²) in [5.74, 6) is 0. The van der Waals surface area contributed by atoms with Crippen LogP contribution in [0.15, 0.2) is 0 Å². The van der Waals surface area contributed by atoms with Crippen LogP contribution in [-0.4, -0.2) is 54.2 Å². The fraction of sp³-hybridized carbons (Fsp3) is 0.889. The van der Waals surface area contributed by atoms with E-state index in [2.05, 4.69) is 11.9 Å². The molecule has 2 fully saturated rings. The first-order chi connectivity index (χ1) is 6.11. The lowest BCUT2D eigenvalue weighted by Crippen LogP contribution is -2.61. The average Bonchev–Trinajstić information content (AvgIpc) is 2.02. The molecule has 1 amide bonds. The molecule has 0 aromatic rings. The Labute approximate surface area is 78.1 Å². The number of nitrogens with zero attached hydrogens (tertiary/aromatic N) is 2. The van der Waals surface area contributed by atoms with Crippen molar-refractivity contribution in [2.75, 3.05) is 33.2 Å². The summed E-state index contributed by atoms with van der Waals surface area (Å²) in [4.78, 5) is 14.4. The minimum absolute atomic E-state index is 0.338. The van der Waals surface area contributed by atoms with Gasteiger partial charge in [0.15, 0.2) is 0 Å². The number of carbonyl (C=O) groups is 1. The summed E-state index contributed by atoms with van der Waals surface area (Å²) < 4.78 is 0. The van der Waals surface area contributed by atoms with E-state index in [-0.39, 0.29) is 0 Å². The minimum Gasteiger partial charge on any atom is -0.465 e. The highest BCUT2D eigenvalue weighted by molar-refractivity contribution is 5.66. The van der Waals surface area contributed by atoms with Crippen LogP contribution >= 0.6 is 0 Å². The standard InChI is InChI=1S/C9H16N2O2/c1-10-4-2-9(3-5-10)6-11(7-9)8(12)13/h2-7H2,1H3,(H,12,13). The van der Waals surface area contributed by atoms with Gasteiger partial charge in [0.1, 0.15) is 0 Å². The van der Waals surface area contributed by atoms with Gasteiger partial charge < -0.3 is 14.9 Å². The first-order valence-electron chi connectivity index (χ1n) is 4.78. The van der Waals surface area contributed by atoms with E-state index in [1.807, 2.05) is 0 Å². The van der Waals surface area contributed by atoms with Crippen LogP contribution in [-0.2, 0) is 0 Å². The second-order valence-electron chi connectivity index (χ2n) is 4.44. The molecule has 0 aliphatic carbocycles. The van der Waals surface area contributed by atoms with Gasteiger partial charge in [0.2, 0.25) is 0 Å². The van der Waals surface area contributed by atoms with Crippen LogP contribution in [0.1, 0.15) is 12.8 Å². The van der Waals surface area contributed by atoms with Crippen molar-refractivity contribution in [3.63, 3.8) is 0 Å². The number of hydrogen-bond acceptors (Lipinski definition) is 2. The Bertz CT molecular complexity index is 214. The predicted molar refractivity (Wildman–Crippen MR) is 48.8 cm³/mol. The third-order valence-corrected chi connectivity index (χ3v) is 3.37. The molecule has 13 heavy (non-hydrogen) atoms. The summed E-state index contributed by atoms with van der Waals surface area (Å²) in [7, 11) is 2.13. The van der Waals surface area contributed by atoms with E-state index in [1.165, 1.54) is 4.90 Å². The van der Waals surface area contributed by atoms with Crippen LogP contribution in [0.2, 0.25) is 0 Å². The van der Waals surface area contributed by atoms with Crippen molar-refractivity contribution in [1.29, 1.82) is 0 Å². The van der Waals surface area contributed by atoms with Gasteiger partial charge in [-0.2, -0.15) is 0 Å². The SMILES string of the molecule is CN1CCC2(CC1)CN(C(=O)O)C2. The number of hydrogen-bond donors (Lipinski definition) is 1. The van der Waals surface area contributed by atoms with Crippen LogP contribution in [0.4, 0.5) is 4.79 Å². The number of amides is 1. The molecule has 0 bridgehead atoms. The van der Waals surface area contributed by atoms with Gasteiger partial charge in [-0.3, -0.25) is 0 Å². The van der Waals surface area contributed by atoms with Crippen molar-refractivity contribution in [3.05, 3.63) is 0 Å². The monoisotopic (exact) mass is 184 g/mol. The van der Waals surface area contributed by atoms with Gasteiger partial charge in [0, 0.05) is 18.5 Å². The Morgan fingerprint density at radius 2 is 1.85 bits per heavy atom. The molecule has 1 N–H and O–H groups in total. The first kappa shape index (κ1) is 8.81. The molecule has 4 nitrogen and oxygen atoms in total. The van der Waals surface area contributed by atoms with E-state index < -0.39 is 6.09 Å². The summed E-state index contributed by atoms with van der Waals surface area (Å²) in [6, 6.07) is 0. The third-order valence-electron chi connectivity index (χ3n) is 3.37. The molecule has 1 spiro atoms. The molecule has 0 aromatic heterocycles. The van der Waals surface area contributed by atoms with E-state index in [0.29, 0.717) is 5.41 Å². The average molecular weight is 184 g/mol. The molecule has 2 aliphatic heterocycles. The molecule has 0 aromatic carbocycles. The molecule has 4 heteroatoms. The Kier molecular flexibility index (Phi) is 1.95. The van der Waals surface area contributed by atoms with E-state index in [0.717, 1.165) is 39.0 Å². The van der Waals surface area contributed by atoms with Crippen molar-refractivity contribution in [2.45, 2.75) is 12.8 Å². The highest BCUT2D eigenvalue weighted by atomic mass is 16.4. The molecule has 2 aliphatic rings. The number of piperidine rings is 1. The fourth-order valence-electron chi connectivity index (χ4n) is 2.31. The summed E-state index contributed by atoms with van der Waals surface area (Å²) in [5.41, 5.74) is 0.338. The zero-order valence-corrected chi connectivity index (χ0v) is 7.99. The van der Waals surface area contributed by atoms with Crippen molar-refractivity contribution < 1.29 is 9.90 Å². The van der Waals surface area contributed by atoms with Gasteiger partial charge in [-0.15, -0.1) is 0 Å². The van der Waals surface area contributed by atoms with Gasteiger partial charge in [0.05, 0.1) is 0 Å². The lowest BCUT2D eigenvalue weighted by atomic mass is 9.72. The predicted octanol–water partition coefficient (Wildman–Crippen LogP) is 0.692. The quantitative estimate of drug-likeness (QED) is 0.602. The van der Waals surface area contributed by atoms with Crippen LogP contribution in [0.25, 0.3) is 0 Å². The Morgan fingerprint density at radius 1 is 1.31 bits per heavy atom. The van der Waals surface area contributed by atoms with Gasteiger partial charge in [-0.1, -0.05) is 0 Å². The van der Waals surface area contributed by atoms with Crippen LogP contribution in [0, 0.1) is 5.41 Å². The third kappa shape index (κ3) is 1.50. The topological polar surface area (TPSA) is 43.8 Å². The summed E-state index contributed by atoms with van der Waals surface area (Å²) in [5, 5.41) is 8.71. The molecule has 0 atom stereocenters. The van der Waals surface area contributed by atoms with Gasteiger partial charge >= 0.3 is 6.09 Å². The number of rotatable bonds is 0. The Hall–Kier alpha value is -0.770. The van der Waals surface area contributed by atoms with Gasteiger partial charge in [0.25, 0.3) is 0 Å². The van der Waals surface area contributed by atoms with Gasteiger partial charge in [-0.05, 0) is 33.0 Å². The minimum atomic E-state index is -0.760. The zero-order chi connectivity index (χ0) is 9.47. The second kappa shape index (κ2) is 2.87. The number of likely N-dealkylation sites (tertiary alicyclic amines) is 2. The van der Waals surface area contributed by atoms with E-state index >= 15 is 0 Å². The fourth-order valence-corrected chi connectivity index (χ4v) is 2.31. The van der Waals surface area contributed by atoms with Gasteiger partial charge in [-0.25, -0.2) is 4.79 Å². The van der Waals surface area contributed by atoms with Crippen LogP contribution in [0.5, 0.6) is 0 Å². The van der Waals surface area contributed by atoms with Crippen LogP contribution < -0.4 is 0 Å². The van der Waals surface area contributed by atoms with Crippen molar-refractivity contribution in [1.82, 2.24) is 9.80 Å². The summed E-state index contributed by atoms with van der Waals surface area (Å²) in [6.45, 7) is 3.76. The molecular formula is C9H16N2O2. The molecule has 0 saturated carbocycles. The maximum Gasteiger partial charge on any atom is 0.407 e. The van der Waals surface area contributed by atoms with Crippen LogP contribution in [0.3, 0.4) is 0 Å². The molecule has 0 radical (unpaired) electrons. The second-order valence-corrected chi connectivity index (χ2v) is 4.44. The summed E-state index contributed by atoms with van der Waals surface area (Å²) >= 11 is 0.